The predicted molar refractivity (Wildman–Crippen MR) is 61.4 cm³/mol. The number of carboxylic acids is 2. The zero-order valence-corrected chi connectivity index (χ0v) is 10.0. The highest BCUT2D eigenvalue weighted by atomic mass is 16.4. The smallest absolute Gasteiger partial charge is 0.326 e. The number of hydrogen-bond donors (Lipinski definition) is 5. The van der Waals surface area contributed by atoms with Gasteiger partial charge in [0.15, 0.2) is 0 Å². The molecule has 106 valence electrons. The van der Waals surface area contributed by atoms with E-state index in [9.17, 15) is 19.2 Å². The van der Waals surface area contributed by atoms with Gasteiger partial charge in [0.05, 0.1) is 6.42 Å². The first-order valence-electron chi connectivity index (χ1n) is 5.67. The van der Waals surface area contributed by atoms with Crippen LogP contribution in [-0.2, 0) is 14.4 Å². The summed E-state index contributed by atoms with van der Waals surface area (Å²) in [7, 11) is 0. The second kappa shape index (κ2) is 6.57. The molecule has 1 fully saturated rings. The maximum atomic E-state index is 11.4. The van der Waals surface area contributed by atoms with Gasteiger partial charge in [0.25, 0.3) is 0 Å². The summed E-state index contributed by atoms with van der Waals surface area (Å²) in [5, 5.41) is 24.3. The Kier molecular flexibility index (Phi) is 5.10. The number of rotatable bonds is 6. The van der Waals surface area contributed by atoms with Gasteiger partial charge in [0.1, 0.15) is 6.04 Å². The van der Waals surface area contributed by atoms with Gasteiger partial charge in [-0.25, -0.2) is 9.59 Å². The molecule has 19 heavy (non-hydrogen) atoms. The van der Waals surface area contributed by atoms with Crippen molar-refractivity contribution in [2.24, 2.45) is 0 Å². The first-order valence-corrected chi connectivity index (χ1v) is 5.67. The third-order valence-electron chi connectivity index (χ3n) is 2.58. The standard InChI is InChI=1S/C10H15N3O6/c14-7-2-1-5(12-7)4-11-10(19)13-6(9(17)18)3-8(15)16/h5-6H,1-4H2,(H,12,14)(H,15,16)(H,17,18)(H2,11,13,19)/t5?,6-/m0/s1. The highest BCUT2D eigenvalue weighted by molar-refractivity contribution is 5.86. The van der Waals surface area contributed by atoms with Crippen molar-refractivity contribution in [3.8, 4) is 0 Å². The molecular formula is C10H15N3O6. The van der Waals surface area contributed by atoms with Gasteiger partial charge in [-0.15, -0.1) is 0 Å². The van der Waals surface area contributed by atoms with Crippen molar-refractivity contribution in [2.45, 2.75) is 31.3 Å². The van der Waals surface area contributed by atoms with Crippen LogP contribution in [0.3, 0.4) is 0 Å². The van der Waals surface area contributed by atoms with Gasteiger partial charge in [-0.1, -0.05) is 0 Å². The highest BCUT2D eigenvalue weighted by Gasteiger charge is 2.24. The molecule has 0 spiro atoms. The number of urea groups is 1. The Labute approximate surface area is 108 Å². The molecule has 0 radical (unpaired) electrons. The van der Waals surface area contributed by atoms with Crippen molar-refractivity contribution in [3.63, 3.8) is 0 Å². The number of carboxylic acid groups (broad SMARTS) is 2. The van der Waals surface area contributed by atoms with E-state index in [4.69, 9.17) is 10.2 Å². The quantitative estimate of drug-likeness (QED) is 0.398. The zero-order chi connectivity index (χ0) is 14.4. The summed E-state index contributed by atoms with van der Waals surface area (Å²) in [6.45, 7) is 0.164. The molecule has 1 heterocycles. The maximum Gasteiger partial charge on any atom is 0.326 e. The molecule has 9 nitrogen and oxygen atoms in total. The Morgan fingerprint density at radius 3 is 2.53 bits per heavy atom. The van der Waals surface area contributed by atoms with Crippen LogP contribution >= 0.6 is 0 Å². The molecule has 1 aliphatic heterocycles. The second-order valence-corrected chi connectivity index (χ2v) is 4.15. The van der Waals surface area contributed by atoms with E-state index in [0.717, 1.165) is 0 Å². The van der Waals surface area contributed by atoms with Crippen molar-refractivity contribution in [1.29, 1.82) is 0 Å². The summed E-state index contributed by atoms with van der Waals surface area (Å²) < 4.78 is 0. The molecule has 0 bridgehead atoms. The van der Waals surface area contributed by atoms with Crippen LogP contribution in [0.1, 0.15) is 19.3 Å². The van der Waals surface area contributed by atoms with Crippen LogP contribution in [0, 0.1) is 0 Å². The van der Waals surface area contributed by atoms with E-state index in [1.54, 1.807) is 0 Å². The van der Waals surface area contributed by atoms with E-state index in [1.807, 2.05) is 5.32 Å². The third kappa shape index (κ3) is 5.23. The van der Waals surface area contributed by atoms with Crippen molar-refractivity contribution in [2.75, 3.05) is 6.54 Å². The van der Waals surface area contributed by atoms with Crippen molar-refractivity contribution in [1.82, 2.24) is 16.0 Å². The fourth-order valence-electron chi connectivity index (χ4n) is 1.63. The topological polar surface area (TPSA) is 145 Å². The SMILES string of the molecule is O=C(O)C[C@H](NC(=O)NCC1CCC(=O)N1)C(=O)O. The molecule has 1 rings (SSSR count). The van der Waals surface area contributed by atoms with Gasteiger partial charge in [-0.2, -0.15) is 0 Å². The van der Waals surface area contributed by atoms with Gasteiger partial charge >= 0.3 is 18.0 Å². The molecule has 5 N–H and O–H groups in total. The van der Waals surface area contributed by atoms with Crippen LogP contribution in [-0.4, -0.2) is 52.7 Å². The summed E-state index contributed by atoms with van der Waals surface area (Å²) >= 11 is 0. The minimum atomic E-state index is -1.49. The molecular weight excluding hydrogens is 258 g/mol. The predicted octanol–water partition coefficient (Wildman–Crippen LogP) is -1.51. The third-order valence-corrected chi connectivity index (χ3v) is 2.58. The van der Waals surface area contributed by atoms with Crippen LogP contribution in [0.15, 0.2) is 0 Å². The molecule has 0 aromatic heterocycles. The summed E-state index contributed by atoms with van der Waals surface area (Å²) in [5.74, 6) is -2.84. The number of hydrogen-bond acceptors (Lipinski definition) is 4. The normalized spacial score (nSPS) is 19.4. The summed E-state index contributed by atoms with van der Waals surface area (Å²) in [6.07, 6.45) is 0.282. The molecule has 0 aromatic carbocycles. The molecule has 0 saturated carbocycles. The van der Waals surface area contributed by atoms with E-state index in [0.29, 0.717) is 12.8 Å². The molecule has 3 amide bonds. The number of carbonyl (C=O) groups is 4. The monoisotopic (exact) mass is 273 g/mol. The molecule has 0 aromatic rings. The fraction of sp³-hybridized carbons (Fsp3) is 0.600. The number of carbonyl (C=O) groups excluding carboxylic acids is 2. The minimum Gasteiger partial charge on any atom is -0.481 e. The van der Waals surface area contributed by atoms with Crippen LogP contribution in [0.25, 0.3) is 0 Å². The van der Waals surface area contributed by atoms with Gasteiger partial charge in [-0.05, 0) is 6.42 Å². The number of nitrogens with one attached hydrogen (secondary N) is 3. The lowest BCUT2D eigenvalue weighted by molar-refractivity contribution is -0.145. The van der Waals surface area contributed by atoms with E-state index in [2.05, 4.69) is 10.6 Å². The van der Waals surface area contributed by atoms with Crippen molar-refractivity contribution in [3.05, 3.63) is 0 Å². The summed E-state index contributed by atoms with van der Waals surface area (Å²) in [5.41, 5.74) is 0. The van der Waals surface area contributed by atoms with Crippen molar-refractivity contribution >= 4 is 23.9 Å². The first-order chi connectivity index (χ1) is 8.88. The van der Waals surface area contributed by atoms with Gasteiger partial charge in [0.2, 0.25) is 5.91 Å². The van der Waals surface area contributed by atoms with Crippen LogP contribution in [0.2, 0.25) is 0 Å². The Morgan fingerprint density at radius 1 is 1.37 bits per heavy atom. The van der Waals surface area contributed by atoms with Gasteiger partial charge < -0.3 is 26.2 Å². The Balaban J connectivity index is 2.34. The summed E-state index contributed by atoms with van der Waals surface area (Å²) in [6, 6.07) is -2.45. The van der Waals surface area contributed by atoms with E-state index in [-0.39, 0.29) is 18.5 Å². The van der Waals surface area contributed by atoms with Crippen LogP contribution in [0.4, 0.5) is 4.79 Å². The molecule has 9 heteroatoms. The molecule has 1 saturated heterocycles. The van der Waals surface area contributed by atoms with E-state index < -0.39 is 30.4 Å². The molecule has 2 atom stereocenters. The fourth-order valence-corrected chi connectivity index (χ4v) is 1.63. The average Bonchev–Trinajstić information content (AvgIpc) is 2.71. The first kappa shape index (κ1) is 14.7. The summed E-state index contributed by atoms with van der Waals surface area (Å²) in [4.78, 5) is 43.4. The van der Waals surface area contributed by atoms with Crippen LogP contribution in [0.5, 0.6) is 0 Å². The maximum absolute atomic E-state index is 11.4. The minimum absolute atomic E-state index is 0.0958. The van der Waals surface area contributed by atoms with E-state index >= 15 is 0 Å². The highest BCUT2D eigenvalue weighted by Crippen LogP contribution is 2.04. The number of aliphatic carboxylic acids is 2. The zero-order valence-electron chi connectivity index (χ0n) is 10.0. The number of amides is 3. The van der Waals surface area contributed by atoms with Gasteiger partial charge in [-0.3, -0.25) is 9.59 Å². The second-order valence-electron chi connectivity index (χ2n) is 4.15. The van der Waals surface area contributed by atoms with Gasteiger partial charge in [0, 0.05) is 19.0 Å². The van der Waals surface area contributed by atoms with Crippen LogP contribution < -0.4 is 16.0 Å². The Hall–Kier alpha value is -2.32. The lowest BCUT2D eigenvalue weighted by atomic mass is 10.2. The van der Waals surface area contributed by atoms with E-state index in [1.165, 1.54) is 0 Å². The lowest BCUT2D eigenvalue weighted by Crippen LogP contribution is -2.49. The average molecular weight is 273 g/mol. The Morgan fingerprint density at radius 2 is 2.05 bits per heavy atom. The lowest BCUT2D eigenvalue weighted by Gasteiger charge is -2.15. The largest absolute Gasteiger partial charge is 0.481 e. The molecule has 1 aliphatic rings. The Bertz CT molecular complexity index is 397. The molecule has 1 unspecified atom stereocenters. The van der Waals surface area contributed by atoms with Crippen molar-refractivity contribution < 1.29 is 29.4 Å². The molecule has 0 aliphatic carbocycles.